The number of nitrogens with one attached hydrogen (secondary N) is 1. The highest BCUT2D eigenvalue weighted by Gasteiger charge is 2.18. The third-order valence-electron chi connectivity index (χ3n) is 3.13. The monoisotopic (exact) mass is 233 g/mol. The maximum absolute atomic E-state index is 5.37. The Morgan fingerprint density at radius 1 is 1.47 bits per heavy atom. The fourth-order valence-electron chi connectivity index (χ4n) is 2.19. The standard InChI is InChI=1S/C14H23N3/c1-6-8-9-13(15-10-7-2)14-11(3)16-17(5)12(14)4/h1,13,15H,7-10H2,2-5H3. The number of rotatable bonds is 6. The molecule has 1 unspecified atom stereocenters. The molecule has 0 aliphatic heterocycles. The second-order valence-electron chi connectivity index (χ2n) is 4.46. The van der Waals surface area contributed by atoms with Crippen molar-refractivity contribution in [3.05, 3.63) is 17.0 Å². The van der Waals surface area contributed by atoms with Crippen molar-refractivity contribution >= 4 is 0 Å². The van der Waals surface area contributed by atoms with Gasteiger partial charge < -0.3 is 5.32 Å². The summed E-state index contributed by atoms with van der Waals surface area (Å²) in [5.41, 5.74) is 3.65. The molecule has 0 aliphatic rings. The lowest BCUT2D eigenvalue weighted by Gasteiger charge is -2.18. The van der Waals surface area contributed by atoms with Gasteiger partial charge in [-0.05, 0) is 33.2 Å². The number of hydrogen-bond acceptors (Lipinski definition) is 2. The maximum Gasteiger partial charge on any atom is 0.0644 e. The average molecular weight is 233 g/mol. The quantitative estimate of drug-likeness (QED) is 0.765. The summed E-state index contributed by atoms with van der Waals surface area (Å²) in [6, 6.07) is 0.333. The normalized spacial score (nSPS) is 12.4. The molecule has 0 radical (unpaired) electrons. The van der Waals surface area contributed by atoms with Gasteiger partial charge in [0.2, 0.25) is 0 Å². The molecule has 0 bridgehead atoms. The van der Waals surface area contributed by atoms with Crippen molar-refractivity contribution in [2.75, 3.05) is 6.54 Å². The Kier molecular flexibility index (Phi) is 5.24. The molecule has 0 saturated heterocycles. The molecule has 3 nitrogen and oxygen atoms in total. The molecule has 0 fully saturated rings. The van der Waals surface area contributed by atoms with Crippen LogP contribution < -0.4 is 5.32 Å². The van der Waals surface area contributed by atoms with Gasteiger partial charge in [-0.15, -0.1) is 12.3 Å². The van der Waals surface area contributed by atoms with Gasteiger partial charge in [0.05, 0.1) is 5.69 Å². The first-order valence-electron chi connectivity index (χ1n) is 6.28. The van der Waals surface area contributed by atoms with Gasteiger partial charge in [0.25, 0.3) is 0 Å². The van der Waals surface area contributed by atoms with Crippen LogP contribution in [0.1, 0.15) is 49.2 Å². The molecule has 1 aromatic rings. The average Bonchev–Trinajstić information content (AvgIpc) is 2.55. The van der Waals surface area contributed by atoms with E-state index in [1.165, 1.54) is 11.3 Å². The predicted molar refractivity (Wildman–Crippen MR) is 71.8 cm³/mol. The summed E-state index contributed by atoms with van der Waals surface area (Å²) < 4.78 is 1.95. The summed E-state index contributed by atoms with van der Waals surface area (Å²) in [5, 5.41) is 8.04. The van der Waals surface area contributed by atoms with Gasteiger partial charge in [0.15, 0.2) is 0 Å². The van der Waals surface area contributed by atoms with E-state index in [0.717, 1.165) is 31.5 Å². The third kappa shape index (κ3) is 3.34. The predicted octanol–water partition coefficient (Wildman–Crippen LogP) is 2.49. The van der Waals surface area contributed by atoms with Crippen molar-refractivity contribution in [2.24, 2.45) is 7.05 Å². The Balaban J connectivity index is 2.91. The first-order valence-corrected chi connectivity index (χ1v) is 6.28. The van der Waals surface area contributed by atoms with Crippen LogP contribution in [-0.4, -0.2) is 16.3 Å². The van der Waals surface area contributed by atoms with E-state index in [2.05, 4.69) is 37.1 Å². The summed E-state index contributed by atoms with van der Waals surface area (Å²) in [7, 11) is 1.99. The highest BCUT2D eigenvalue weighted by atomic mass is 15.3. The van der Waals surface area contributed by atoms with Crippen molar-refractivity contribution in [3.63, 3.8) is 0 Å². The molecule has 1 rings (SSSR count). The first kappa shape index (κ1) is 13.8. The second-order valence-corrected chi connectivity index (χ2v) is 4.46. The van der Waals surface area contributed by atoms with Gasteiger partial charge in [-0.2, -0.15) is 5.10 Å². The molecule has 1 aromatic heterocycles. The third-order valence-corrected chi connectivity index (χ3v) is 3.13. The molecule has 1 heterocycles. The van der Waals surface area contributed by atoms with Crippen LogP contribution in [0, 0.1) is 26.2 Å². The lowest BCUT2D eigenvalue weighted by Crippen LogP contribution is -2.23. The van der Waals surface area contributed by atoms with Crippen molar-refractivity contribution in [1.82, 2.24) is 15.1 Å². The summed E-state index contributed by atoms with van der Waals surface area (Å²) in [4.78, 5) is 0. The molecule has 94 valence electrons. The molecule has 1 atom stereocenters. The van der Waals surface area contributed by atoms with Crippen LogP contribution >= 0.6 is 0 Å². The summed E-state index contributed by atoms with van der Waals surface area (Å²) >= 11 is 0. The minimum Gasteiger partial charge on any atom is -0.310 e. The molecule has 0 aromatic carbocycles. The van der Waals surface area contributed by atoms with E-state index in [9.17, 15) is 0 Å². The summed E-state index contributed by atoms with van der Waals surface area (Å²) in [6.07, 6.45) is 8.27. The molecule has 1 N–H and O–H groups in total. The Labute approximate surface area is 105 Å². The topological polar surface area (TPSA) is 29.9 Å². The van der Waals surface area contributed by atoms with E-state index in [0.29, 0.717) is 6.04 Å². The zero-order valence-corrected chi connectivity index (χ0v) is 11.4. The number of aromatic nitrogens is 2. The van der Waals surface area contributed by atoms with Crippen molar-refractivity contribution in [3.8, 4) is 12.3 Å². The molecule has 0 saturated carbocycles. The van der Waals surface area contributed by atoms with Gasteiger partial charge in [0.1, 0.15) is 0 Å². The zero-order chi connectivity index (χ0) is 12.8. The van der Waals surface area contributed by atoms with Gasteiger partial charge >= 0.3 is 0 Å². The Bertz CT molecular complexity index is 398. The number of aryl methyl sites for hydroxylation is 2. The van der Waals surface area contributed by atoms with Crippen LogP contribution in [0.5, 0.6) is 0 Å². The van der Waals surface area contributed by atoms with Gasteiger partial charge in [-0.3, -0.25) is 4.68 Å². The lowest BCUT2D eigenvalue weighted by atomic mass is 10.00. The fourth-order valence-corrected chi connectivity index (χ4v) is 2.19. The zero-order valence-electron chi connectivity index (χ0n) is 11.4. The van der Waals surface area contributed by atoms with E-state index < -0.39 is 0 Å². The Morgan fingerprint density at radius 3 is 2.65 bits per heavy atom. The summed E-state index contributed by atoms with van der Waals surface area (Å²) in [6.45, 7) is 7.38. The molecular formula is C14H23N3. The largest absolute Gasteiger partial charge is 0.310 e. The van der Waals surface area contributed by atoms with Gasteiger partial charge in [-0.25, -0.2) is 0 Å². The first-order chi connectivity index (χ1) is 8.11. The molecule has 0 aliphatic carbocycles. The maximum atomic E-state index is 5.37. The molecule has 0 amide bonds. The van der Waals surface area contributed by atoms with Crippen molar-refractivity contribution in [1.29, 1.82) is 0 Å². The van der Waals surface area contributed by atoms with Crippen LogP contribution in [0.15, 0.2) is 0 Å². The van der Waals surface area contributed by atoms with E-state index in [1.807, 2.05) is 11.7 Å². The highest BCUT2D eigenvalue weighted by Crippen LogP contribution is 2.24. The fraction of sp³-hybridized carbons (Fsp3) is 0.643. The number of terminal acetylenes is 1. The number of hydrogen-bond donors (Lipinski definition) is 1. The van der Waals surface area contributed by atoms with Gasteiger partial charge in [-0.1, -0.05) is 6.92 Å². The molecular weight excluding hydrogens is 210 g/mol. The highest BCUT2D eigenvalue weighted by molar-refractivity contribution is 5.28. The smallest absolute Gasteiger partial charge is 0.0644 e. The van der Waals surface area contributed by atoms with Crippen LogP contribution in [-0.2, 0) is 7.05 Å². The summed E-state index contributed by atoms with van der Waals surface area (Å²) in [5.74, 6) is 2.72. The molecule has 0 spiro atoms. The Morgan fingerprint density at radius 2 is 2.18 bits per heavy atom. The van der Waals surface area contributed by atoms with Crippen LogP contribution in [0.25, 0.3) is 0 Å². The van der Waals surface area contributed by atoms with Crippen LogP contribution in [0.2, 0.25) is 0 Å². The van der Waals surface area contributed by atoms with E-state index in [-0.39, 0.29) is 0 Å². The molecule has 17 heavy (non-hydrogen) atoms. The van der Waals surface area contributed by atoms with Crippen molar-refractivity contribution in [2.45, 2.75) is 46.1 Å². The van der Waals surface area contributed by atoms with Gasteiger partial charge in [0, 0.05) is 30.8 Å². The molecule has 3 heteroatoms. The van der Waals surface area contributed by atoms with Crippen molar-refractivity contribution < 1.29 is 0 Å². The van der Waals surface area contributed by atoms with E-state index in [1.54, 1.807) is 0 Å². The van der Waals surface area contributed by atoms with E-state index in [4.69, 9.17) is 6.42 Å². The van der Waals surface area contributed by atoms with Crippen LogP contribution in [0.3, 0.4) is 0 Å². The Hall–Kier alpha value is -1.27. The number of nitrogens with zero attached hydrogens (tertiary/aromatic N) is 2. The lowest BCUT2D eigenvalue weighted by molar-refractivity contribution is 0.501. The minimum atomic E-state index is 0.333. The van der Waals surface area contributed by atoms with E-state index >= 15 is 0 Å². The second kappa shape index (κ2) is 6.46. The minimum absolute atomic E-state index is 0.333. The van der Waals surface area contributed by atoms with Crippen LogP contribution in [0.4, 0.5) is 0 Å². The SMILES string of the molecule is C#CCCC(NCCC)c1c(C)nn(C)c1C.